The monoisotopic (exact) mass is 325 g/mol. The van der Waals surface area contributed by atoms with Crippen LogP contribution in [0.15, 0.2) is 41.8 Å². The van der Waals surface area contributed by atoms with E-state index < -0.39 is 18.1 Å². The highest BCUT2D eigenvalue weighted by molar-refractivity contribution is 7.97. The lowest BCUT2D eigenvalue weighted by Gasteiger charge is -2.12. The standard InChI is InChI=1S/C9H6Cl3N3O2S/c10-9(11,12)18(16,17)8-14-13-6-15(8)7-4-2-1-3-5-7/h1-6H. The first-order valence-electron chi connectivity index (χ1n) is 4.61. The molecule has 0 saturated heterocycles. The minimum atomic E-state index is -4.23. The molecule has 0 spiro atoms. The Kier molecular flexibility index (Phi) is 3.55. The number of sulfone groups is 1. The van der Waals surface area contributed by atoms with Crippen LogP contribution in [0.3, 0.4) is 0 Å². The lowest BCUT2D eigenvalue weighted by molar-refractivity contribution is 0.583. The molecule has 1 heterocycles. The van der Waals surface area contributed by atoms with Gasteiger partial charge in [0.25, 0.3) is 18.1 Å². The Hall–Kier alpha value is -0.820. The molecule has 0 aliphatic heterocycles. The maximum absolute atomic E-state index is 12.0. The largest absolute Gasteiger partial charge is 0.300 e. The number of alkyl halides is 3. The smallest absolute Gasteiger partial charge is 0.272 e. The Morgan fingerprint density at radius 3 is 2.28 bits per heavy atom. The number of para-hydroxylation sites is 1. The first kappa shape index (κ1) is 13.6. The van der Waals surface area contributed by atoms with Crippen molar-refractivity contribution < 1.29 is 8.42 Å². The van der Waals surface area contributed by atoms with E-state index in [-0.39, 0.29) is 0 Å². The van der Waals surface area contributed by atoms with E-state index in [2.05, 4.69) is 10.2 Å². The second-order valence-corrected chi connectivity index (χ2v) is 8.21. The van der Waals surface area contributed by atoms with Crippen molar-refractivity contribution in [3.8, 4) is 5.69 Å². The third-order valence-electron chi connectivity index (χ3n) is 2.10. The molecule has 1 aromatic carbocycles. The molecule has 5 nitrogen and oxygen atoms in total. The third-order valence-corrected chi connectivity index (χ3v) is 5.29. The first-order valence-corrected chi connectivity index (χ1v) is 7.22. The fourth-order valence-corrected chi connectivity index (χ4v) is 2.67. The molecule has 0 aliphatic carbocycles. The van der Waals surface area contributed by atoms with Gasteiger partial charge in [-0.1, -0.05) is 53.0 Å². The van der Waals surface area contributed by atoms with Crippen molar-refractivity contribution in [1.82, 2.24) is 14.8 Å². The van der Waals surface area contributed by atoms with Crippen molar-refractivity contribution in [3.05, 3.63) is 36.7 Å². The van der Waals surface area contributed by atoms with E-state index in [0.29, 0.717) is 5.69 Å². The van der Waals surface area contributed by atoms with Crippen LogP contribution in [0.25, 0.3) is 5.69 Å². The Balaban J connectivity index is 2.61. The summed E-state index contributed by atoms with van der Waals surface area (Å²) in [7, 11) is -4.23. The fourth-order valence-electron chi connectivity index (χ4n) is 1.28. The molecule has 0 amide bonds. The highest BCUT2D eigenvalue weighted by Gasteiger charge is 2.43. The number of benzene rings is 1. The van der Waals surface area contributed by atoms with Gasteiger partial charge in [-0.25, -0.2) is 8.42 Å². The highest BCUT2D eigenvalue weighted by atomic mass is 35.6. The number of halogens is 3. The number of nitrogens with zero attached hydrogens (tertiary/aromatic N) is 3. The van der Waals surface area contributed by atoms with Crippen molar-refractivity contribution in [3.63, 3.8) is 0 Å². The predicted molar refractivity (Wildman–Crippen MR) is 68.8 cm³/mol. The van der Waals surface area contributed by atoms with Crippen molar-refractivity contribution in [2.75, 3.05) is 0 Å². The van der Waals surface area contributed by atoms with Gasteiger partial charge in [0.15, 0.2) is 0 Å². The first-order chi connectivity index (χ1) is 8.34. The summed E-state index contributed by atoms with van der Waals surface area (Å²) in [6.07, 6.45) is 1.23. The van der Waals surface area contributed by atoms with E-state index in [1.165, 1.54) is 10.9 Å². The summed E-state index contributed by atoms with van der Waals surface area (Å²) >= 11 is 16.3. The molecular formula is C9H6Cl3N3O2S. The Labute approximate surface area is 118 Å². The summed E-state index contributed by atoms with van der Waals surface area (Å²) in [5.41, 5.74) is 0.551. The van der Waals surface area contributed by atoms with Gasteiger partial charge in [0, 0.05) is 5.69 Å². The van der Waals surface area contributed by atoms with Gasteiger partial charge in [-0.15, -0.1) is 10.2 Å². The minimum absolute atomic E-state index is 0.422. The van der Waals surface area contributed by atoms with Crippen LogP contribution >= 0.6 is 34.8 Å². The van der Waals surface area contributed by atoms with Crippen LogP contribution in [0.2, 0.25) is 0 Å². The van der Waals surface area contributed by atoms with Gasteiger partial charge in [-0.05, 0) is 12.1 Å². The number of rotatable bonds is 2. The Bertz CT molecular complexity index is 649. The van der Waals surface area contributed by atoms with Crippen LogP contribution in [0.4, 0.5) is 0 Å². The average Bonchev–Trinajstić information content (AvgIpc) is 2.78. The van der Waals surface area contributed by atoms with E-state index in [0.717, 1.165) is 0 Å². The molecule has 9 heteroatoms. The normalized spacial score (nSPS) is 12.6. The van der Waals surface area contributed by atoms with Crippen molar-refractivity contribution in [2.45, 2.75) is 8.28 Å². The van der Waals surface area contributed by atoms with Gasteiger partial charge < -0.3 is 0 Å². The van der Waals surface area contributed by atoms with Crippen LogP contribution in [-0.4, -0.2) is 26.3 Å². The topological polar surface area (TPSA) is 64.8 Å². The lowest BCUT2D eigenvalue weighted by atomic mass is 10.3. The molecule has 0 unspecified atom stereocenters. The van der Waals surface area contributed by atoms with Crippen molar-refractivity contribution in [2.24, 2.45) is 0 Å². The van der Waals surface area contributed by atoms with E-state index in [9.17, 15) is 8.42 Å². The van der Waals surface area contributed by atoms with Crippen molar-refractivity contribution in [1.29, 1.82) is 0 Å². The minimum Gasteiger partial charge on any atom is -0.272 e. The van der Waals surface area contributed by atoms with Crippen LogP contribution < -0.4 is 0 Å². The van der Waals surface area contributed by atoms with Crippen LogP contribution in [0, 0.1) is 0 Å². The maximum atomic E-state index is 12.0. The molecule has 0 saturated carbocycles. The molecule has 0 atom stereocenters. The van der Waals surface area contributed by atoms with Crippen LogP contribution in [-0.2, 0) is 9.84 Å². The number of hydrogen-bond acceptors (Lipinski definition) is 4. The van der Waals surface area contributed by atoms with Crippen molar-refractivity contribution >= 4 is 44.6 Å². The quantitative estimate of drug-likeness (QED) is 0.795. The Morgan fingerprint density at radius 1 is 1.11 bits per heavy atom. The van der Waals surface area contributed by atoms with Crippen LogP contribution in [0.5, 0.6) is 0 Å². The molecule has 0 radical (unpaired) electrons. The fraction of sp³-hybridized carbons (Fsp3) is 0.111. The summed E-state index contributed by atoms with van der Waals surface area (Å²) in [5.74, 6) is 0. The number of hydrogen-bond donors (Lipinski definition) is 0. The van der Waals surface area contributed by atoms with Gasteiger partial charge in [0.05, 0.1) is 0 Å². The molecule has 1 aromatic heterocycles. The van der Waals surface area contributed by atoms with E-state index in [1.54, 1.807) is 30.3 Å². The third kappa shape index (κ3) is 2.33. The predicted octanol–water partition coefficient (Wildman–Crippen LogP) is 2.37. The van der Waals surface area contributed by atoms with E-state index >= 15 is 0 Å². The zero-order chi connectivity index (χ0) is 13.4. The second kappa shape index (κ2) is 4.70. The zero-order valence-corrected chi connectivity index (χ0v) is 11.7. The van der Waals surface area contributed by atoms with Gasteiger partial charge in [0.1, 0.15) is 6.33 Å². The molecular weight excluding hydrogens is 321 g/mol. The molecule has 18 heavy (non-hydrogen) atoms. The molecule has 0 fully saturated rings. The lowest BCUT2D eigenvalue weighted by Crippen LogP contribution is -2.23. The summed E-state index contributed by atoms with van der Waals surface area (Å²) in [6.45, 7) is 0. The molecule has 0 aliphatic rings. The van der Waals surface area contributed by atoms with Gasteiger partial charge >= 0.3 is 0 Å². The van der Waals surface area contributed by atoms with Gasteiger partial charge in [-0.3, -0.25) is 4.57 Å². The van der Waals surface area contributed by atoms with Gasteiger partial charge in [-0.2, -0.15) is 0 Å². The molecule has 0 N–H and O–H groups in total. The molecule has 0 bridgehead atoms. The molecule has 2 aromatic rings. The van der Waals surface area contributed by atoms with E-state index in [1.807, 2.05) is 0 Å². The summed E-state index contributed by atoms with van der Waals surface area (Å²) < 4.78 is 22.7. The SMILES string of the molecule is O=S(=O)(c1nncn1-c1ccccc1)C(Cl)(Cl)Cl. The highest BCUT2D eigenvalue weighted by Crippen LogP contribution is 2.37. The summed E-state index contributed by atoms with van der Waals surface area (Å²) in [4.78, 5) is 0. The zero-order valence-electron chi connectivity index (χ0n) is 8.66. The maximum Gasteiger partial charge on any atom is 0.300 e. The summed E-state index contributed by atoms with van der Waals surface area (Å²) in [6, 6.07) is 8.63. The van der Waals surface area contributed by atoms with Gasteiger partial charge in [0.2, 0.25) is 0 Å². The average molecular weight is 327 g/mol. The number of aromatic nitrogens is 3. The van der Waals surface area contributed by atoms with Crippen LogP contribution in [0.1, 0.15) is 0 Å². The van der Waals surface area contributed by atoms with E-state index in [4.69, 9.17) is 34.8 Å². The summed E-state index contributed by atoms with van der Waals surface area (Å²) in [5, 5.41) is 6.62. The molecule has 2 rings (SSSR count). The Morgan fingerprint density at radius 2 is 1.72 bits per heavy atom. The second-order valence-electron chi connectivity index (χ2n) is 3.27. The molecule has 96 valence electrons.